The maximum Gasteiger partial charge on any atom is 0.225 e. The van der Waals surface area contributed by atoms with Gasteiger partial charge in [0, 0.05) is 31.0 Å². The van der Waals surface area contributed by atoms with Crippen molar-refractivity contribution in [3.8, 4) is 5.75 Å². The van der Waals surface area contributed by atoms with Crippen molar-refractivity contribution in [1.82, 2.24) is 10.2 Å². The molecule has 5 nitrogen and oxygen atoms in total. The van der Waals surface area contributed by atoms with Crippen LogP contribution in [-0.2, 0) is 9.59 Å². The lowest BCUT2D eigenvalue weighted by Gasteiger charge is -2.33. The molecule has 1 aromatic rings. The van der Waals surface area contributed by atoms with Crippen LogP contribution in [0.2, 0.25) is 0 Å². The van der Waals surface area contributed by atoms with E-state index in [0.717, 1.165) is 18.6 Å². The fourth-order valence-corrected chi connectivity index (χ4v) is 2.76. The Bertz CT molecular complexity index is 558. The predicted molar refractivity (Wildman–Crippen MR) is 98.4 cm³/mol. The summed E-state index contributed by atoms with van der Waals surface area (Å²) in [5, 5.41) is 3.09. The number of carbonyl (C=O) groups is 2. The first-order valence-corrected chi connectivity index (χ1v) is 9.13. The van der Waals surface area contributed by atoms with Gasteiger partial charge >= 0.3 is 0 Å². The number of nitrogens with zero attached hydrogens (tertiary/aromatic N) is 1. The van der Waals surface area contributed by atoms with Crippen LogP contribution in [0.25, 0.3) is 0 Å². The molecule has 2 amide bonds. The van der Waals surface area contributed by atoms with Crippen LogP contribution >= 0.6 is 0 Å². The molecule has 0 aromatic heterocycles. The van der Waals surface area contributed by atoms with E-state index < -0.39 is 0 Å². The van der Waals surface area contributed by atoms with Gasteiger partial charge < -0.3 is 15.0 Å². The summed E-state index contributed by atoms with van der Waals surface area (Å²) in [4.78, 5) is 26.2. The molecule has 1 fully saturated rings. The van der Waals surface area contributed by atoms with E-state index in [2.05, 4.69) is 5.32 Å². The molecular formula is C20H30N2O3. The molecule has 0 atom stereocenters. The highest BCUT2D eigenvalue weighted by molar-refractivity contribution is 5.81. The Morgan fingerprint density at radius 3 is 2.40 bits per heavy atom. The molecule has 1 saturated heterocycles. The highest BCUT2D eigenvalue weighted by Gasteiger charge is 2.27. The Kier molecular flexibility index (Phi) is 6.85. The number of carbonyl (C=O) groups excluding carboxylic acids is 2. The van der Waals surface area contributed by atoms with Crippen LogP contribution in [-0.4, -0.2) is 42.5 Å². The van der Waals surface area contributed by atoms with Gasteiger partial charge in [-0.2, -0.15) is 0 Å². The lowest BCUT2D eigenvalue weighted by Crippen LogP contribution is -2.49. The van der Waals surface area contributed by atoms with Crippen molar-refractivity contribution in [1.29, 1.82) is 0 Å². The molecule has 0 bridgehead atoms. The van der Waals surface area contributed by atoms with Gasteiger partial charge in [-0.1, -0.05) is 39.0 Å². The van der Waals surface area contributed by atoms with Gasteiger partial charge in [0.1, 0.15) is 5.75 Å². The molecule has 1 aromatic carbocycles. The summed E-state index contributed by atoms with van der Waals surface area (Å²) in [6, 6.07) is 9.82. The molecule has 25 heavy (non-hydrogen) atoms. The van der Waals surface area contributed by atoms with E-state index in [0.29, 0.717) is 32.5 Å². The number of piperidine rings is 1. The molecule has 2 rings (SSSR count). The average Bonchev–Trinajstić information content (AvgIpc) is 2.59. The van der Waals surface area contributed by atoms with Crippen molar-refractivity contribution in [2.24, 2.45) is 5.41 Å². The fraction of sp³-hybridized carbons (Fsp3) is 0.600. The molecule has 1 aliphatic rings. The third-order valence-corrected chi connectivity index (χ3v) is 4.41. The van der Waals surface area contributed by atoms with Crippen molar-refractivity contribution in [3.63, 3.8) is 0 Å². The van der Waals surface area contributed by atoms with E-state index in [9.17, 15) is 9.59 Å². The minimum atomic E-state index is -0.369. The first-order valence-electron chi connectivity index (χ1n) is 9.13. The second-order valence-electron chi connectivity index (χ2n) is 7.64. The first-order chi connectivity index (χ1) is 11.9. The van der Waals surface area contributed by atoms with E-state index in [1.165, 1.54) is 0 Å². The number of ether oxygens (including phenoxy) is 1. The third-order valence-electron chi connectivity index (χ3n) is 4.41. The molecule has 1 heterocycles. The molecule has 0 saturated carbocycles. The maximum absolute atomic E-state index is 12.3. The fourth-order valence-electron chi connectivity index (χ4n) is 2.76. The van der Waals surface area contributed by atoms with Crippen LogP contribution in [0.1, 0.15) is 46.5 Å². The molecule has 0 aliphatic carbocycles. The van der Waals surface area contributed by atoms with E-state index in [1.54, 1.807) is 0 Å². The van der Waals surface area contributed by atoms with Crippen LogP contribution in [0, 0.1) is 5.41 Å². The van der Waals surface area contributed by atoms with Crippen molar-refractivity contribution in [3.05, 3.63) is 30.3 Å². The Balaban J connectivity index is 1.63. The Morgan fingerprint density at radius 1 is 1.16 bits per heavy atom. The average molecular weight is 346 g/mol. The smallest absolute Gasteiger partial charge is 0.225 e. The topological polar surface area (TPSA) is 58.6 Å². The third kappa shape index (κ3) is 6.40. The number of para-hydroxylation sites is 1. The second kappa shape index (κ2) is 8.88. The monoisotopic (exact) mass is 346 g/mol. The van der Waals surface area contributed by atoms with Gasteiger partial charge in [-0.3, -0.25) is 9.59 Å². The van der Waals surface area contributed by atoms with E-state index in [4.69, 9.17) is 4.74 Å². The number of benzene rings is 1. The molecule has 5 heteroatoms. The zero-order chi connectivity index (χ0) is 18.3. The minimum absolute atomic E-state index is 0.0790. The van der Waals surface area contributed by atoms with Crippen LogP contribution in [0.15, 0.2) is 30.3 Å². The number of likely N-dealkylation sites (tertiary alicyclic amines) is 1. The molecular weight excluding hydrogens is 316 g/mol. The summed E-state index contributed by atoms with van der Waals surface area (Å²) in [6.07, 6.45) is 2.88. The van der Waals surface area contributed by atoms with E-state index >= 15 is 0 Å². The van der Waals surface area contributed by atoms with Crippen molar-refractivity contribution in [2.45, 2.75) is 52.5 Å². The normalized spacial score (nSPS) is 15.7. The highest BCUT2D eigenvalue weighted by Crippen LogP contribution is 2.17. The van der Waals surface area contributed by atoms with Gasteiger partial charge in [-0.05, 0) is 31.4 Å². The Morgan fingerprint density at radius 2 is 1.80 bits per heavy atom. The summed E-state index contributed by atoms with van der Waals surface area (Å²) in [5.41, 5.74) is -0.369. The SMILES string of the molecule is CC(C)(C)C(=O)NC1CCN(C(=O)CCCOc2ccccc2)CC1. The van der Waals surface area contributed by atoms with Gasteiger partial charge in [-0.15, -0.1) is 0 Å². The van der Waals surface area contributed by atoms with E-state index in [1.807, 2.05) is 56.0 Å². The highest BCUT2D eigenvalue weighted by atomic mass is 16.5. The second-order valence-corrected chi connectivity index (χ2v) is 7.64. The summed E-state index contributed by atoms with van der Waals surface area (Å²) in [5.74, 6) is 1.10. The Hall–Kier alpha value is -2.04. The number of hydrogen-bond donors (Lipinski definition) is 1. The Labute approximate surface area is 150 Å². The van der Waals surface area contributed by atoms with E-state index in [-0.39, 0.29) is 23.3 Å². The van der Waals surface area contributed by atoms with Crippen molar-refractivity contribution >= 4 is 11.8 Å². The van der Waals surface area contributed by atoms with Crippen LogP contribution in [0.5, 0.6) is 5.75 Å². The summed E-state index contributed by atoms with van der Waals surface area (Å²) in [7, 11) is 0. The number of nitrogens with one attached hydrogen (secondary N) is 1. The number of hydrogen-bond acceptors (Lipinski definition) is 3. The first kappa shape index (κ1) is 19.3. The molecule has 0 radical (unpaired) electrons. The zero-order valence-corrected chi connectivity index (χ0v) is 15.6. The van der Waals surface area contributed by atoms with Gasteiger partial charge in [0.2, 0.25) is 11.8 Å². The van der Waals surface area contributed by atoms with Crippen LogP contribution < -0.4 is 10.1 Å². The molecule has 0 spiro atoms. The van der Waals surface area contributed by atoms with Crippen LogP contribution in [0.3, 0.4) is 0 Å². The molecule has 0 unspecified atom stereocenters. The van der Waals surface area contributed by atoms with Crippen LogP contribution in [0.4, 0.5) is 0 Å². The van der Waals surface area contributed by atoms with Gasteiger partial charge in [0.05, 0.1) is 6.61 Å². The number of amides is 2. The van der Waals surface area contributed by atoms with Gasteiger partial charge in [-0.25, -0.2) is 0 Å². The summed E-state index contributed by atoms with van der Waals surface area (Å²) >= 11 is 0. The zero-order valence-electron chi connectivity index (χ0n) is 15.6. The lowest BCUT2D eigenvalue weighted by atomic mass is 9.94. The molecule has 1 N–H and O–H groups in total. The van der Waals surface area contributed by atoms with Crippen molar-refractivity contribution in [2.75, 3.05) is 19.7 Å². The number of rotatable bonds is 6. The standard InChI is InChI=1S/C20H30N2O3/c1-20(2,3)19(24)21-16-11-13-22(14-12-16)18(23)10-7-15-25-17-8-5-4-6-9-17/h4-6,8-9,16H,7,10-15H2,1-3H3,(H,21,24). The maximum atomic E-state index is 12.3. The summed E-state index contributed by atoms with van der Waals surface area (Å²) in [6.45, 7) is 7.73. The predicted octanol–water partition coefficient (Wildman–Crippen LogP) is 3.00. The molecule has 138 valence electrons. The minimum Gasteiger partial charge on any atom is -0.494 e. The van der Waals surface area contributed by atoms with Gasteiger partial charge in [0.25, 0.3) is 0 Å². The quantitative estimate of drug-likeness (QED) is 0.806. The van der Waals surface area contributed by atoms with Crippen molar-refractivity contribution < 1.29 is 14.3 Å². The lowest BCUT2D eigenvalue weighted by molar-refractivity contribution is -0.133. The van der Waals surface area contributed by atoms with Gasteiger partial charge in [0.15, 0.2) is 0 Å². The molecule has 1 aliphatic heterocycles. The summed E-state index contributed by atoms with van der Waals surface area (Å²) < 4.78 is 5.62. The largest absolute Gasteiger partial charge is 0.494 e.